The Hall–Kier alpha value is -3.07. The van der Waals surface area contributed by atoms with Gasteiger partial charge in [-0.05, 0) is 50.3 Å². The molecule has 2 aliphatic heterocycles. The standard InChI is InChI=1S/C23H29N3O6/c1-29-15-8-9-20(30-2)17(12-15)21-13-18(25-32-21)23(28)26-10-4-3-7-19(26)22(27)24-14-16-6-5-11-31-16/h8-9,12-13,16,19H,3-7,10-11,14H2,1-2H3,(H,24,27). The molecule has 0 aliphatic carbocycles. The predicted molar refractivity (Wildman–Crippen MR) is 116 cm³/mol. The van der Waals surface area contributed by atoms with Crippen molar-refractivity contribution in [2.75, 3.05) is 33.9 Å². The van der Waals surface area contributed by atoms with Gasteiger partial charge in [-0.25, -0.2) is 0 Å². The van der Waals surface area contributed by atoms with Gasteiger partial charge in [0.05, 0.1) is 25.9 Å². The number of nitrogens with one attached hydrogen (secondary N) is 1. The lowest BCUT2D eigenvalue weighted by Gasteiger charge is -2.34. The number of carbonyl (C=O) groups is 2. The second-order valence-electron chi connectivity index (χ2n) is 8.03. The third-order valence-electron chi connectivity index (χ3n) is 6.00. The molecule has 3 heterocycles. The monoisotopic (exact) mass is 443 g/mol. The van der Waals surface area contributed by atoms with E-state index in [1.807, 2.05) is 0 Å². The molecular formula is C23H29N3O6. The summed E-state index contributed by atoms with van der Waals surface area (Å²) in [5, 5.41) is 6.94. The van der Waals surface area contributed by atoms with Gasteiger partial charge in [-0.1, -0.05) is 5.16 Å². The summed E-state index contributed by atoms with van der Waals surface area (Å²) in [6, 6.07) is 6.35. The van der Waals surface area contributed by atoms with E-state index in [4.69, 9.17) is 18.7 Å². The molecule has 0 radical (unpaired) electrons. The van der Waals surface area contributed by atoms with Crippen LogP contribution < -0.4 is 14.8 Å². The van der Waals surface area contributed by atoms with Crippen molar-refractivity contribution in [1.29, 1.82) is 0 Å². The third-order valence-corrected chi connectivity index (χ3v) is 6.00. The van der Waals surface area contributed by atoms with Crippen molar-refractivity contribution in [3.63, 3.8) is 0 Å². The Balaban J connectivity index is 1.49. The number of piperidine rings is 1. The molecule has 2 aliphatic rings. The summed E-state index contributed by atoms with van der Waals surface area (Å²) in [5.41, 5.74) is 0.784. The van der Waals surface area contributed by atoms with Gasteiger partial charge in [0.15, 0.2) is 11.5 Å². The van der Waals surface area contributed by atoms with Gasteiger partial charge in [-0.3, -0.25) is 9.59 Å². The van der Waals surface area contributed by atoms with E-state index in [1.165, 1.54) is 0 Å². The van der Waals surface area contributed by atoms with Crippen LogP contribution in [-0.4, -0.2) is 67.9 Å². The SMILES string of the molecule is COc1ccc(OC)c(-c2cc(C(=O)N3CCCCC3C(=O)NCC3CCCO3)no2)c1. The third kappa shape index (κ3) is 4.72. The smallest absolute Gasteiger partial charge is 0.276 e. The zero-order valence-electron chi connectivity index (χ0n) is 18.5. The van der Waals surface area contributed by atoms with Crippen LogP contribution in [0, 0.1) is 0 Å². The van der Waals surface area contributed by atoms with Crippen LogP contribution in [0.4, 0.5) is 0 Å². The molecule has 2 fully saturated rings. The minimum atomic E-state index is -0.524. The molecule has 1 aromatic heterocycles. The van der Waals surface area contributed by atoms with E-state index in [2.05, 4.69) is 10.5 Å². The first-order chi connectivity index (χ1) is 15.6. The van der Waals surface area contributed by atoms with Gasteiger partial charge >= 0.3 is 0 Å². The molecule has 2 unspecified atom stereocenters. The van der Waals surface area contributed by atoms with Crippen LogP contribution >= 0.6 is 0 Å². The Morgan fingerprint density at radius 1 is 1.16 bits per heavy atom. The Morgan fingerprint density at radius 3 is 2.78 bits per heavy atom. The van der Waals surface area contributed by atoms with Gasteiger partial charge in [-0.2, -0.15) is 0 Å². The molecule has 32 heavy (non-hydrogen) atoms. The van der Waals surface area contributed by atoms with E-state index in [0.29, 0.717) is 42.3 Å². The molecule has 2 aromatic rings. The summed E-state index contributed by atoms with van der Waals surface area (Å²) >= 11 is 0. The molecule has 1 aromatic carbocycles. The highest BCUT2D eigenvalue weighted by Crippen LogP contribution is 2.34. The maximum atomic E-state index is 13.2. The normalized spacial score (nSPS) is 20.8. The first-order valence-electron chi connectivity index (χ1n) is 11.0. The van der Waals surface area contributed by atoms with E-state index in [1.54, 1.807) is 43.4 Å². The number of nitrogens with zero attached hydrogens (tertiary/aromatic N) is 2. The van der Waals surface area contributed by atoms with Crippen LogP contribution in [0.1, 0.15) is 42.6 Å². The van der Waals surface area contributed by atoms with E-state index in [-0.39, 0.29) is 23.6 Å². The highest BCUT2D eigenvalue weighted by atomic mass is 16.5. The van der Waals surface area contributed by atoms with Crippen molar-refractivity contribution in [2.45, 2.75) is 44.2 Å². The molecule has 2 saturated heterocycles. The second kappa shape index (κ2) is 10.0. The van der Waals surface area contributed by atoms with Crippen LogP contribution in [0.2, 0.25) is 0 Å². The van der Waals surface area contributed by atoms with Crippen molar-refractivity contribution < 1.29 is 28.3 Å². The first kappa shape index (κ1) is 22.1. The molecule has 172 valence electrons. The Morgan fingerprint density at radius 2 is 2.03 bits per heavy atom. The first-order valence-corrected chi connectivity index (χ1v) is 11.0. The molecule has 9 nitrogen and oxygen atoms in total. The lowest BCUT2D eigenvalue weighted by molar-refractivity contribution is -0.127. The quantitative estimate of drug-likeness (QED) is 0.702. The highest BCUT2D eigenvalue weighted by Gasteiger charge is 2.34. The minimum absolute atomic E-state index is 0.0580. The molecule has 2 atom stereocenters. The fraction of sp³-hybridized carbons (Fsp3) is 0.522. The van der Waals surface area contributed by atoms with Gasteiger partial charge < -0.3 is 29.0 Å². The van der Waals surface area contributed by atoms with E-state index in [0.717, 1.165) is 32.3 Å². The second-order valence-corrected chi connectivity index (χ2v) is 8.03. The molecular weight excluding hydrogens is 414 g/mol. The molecule has 4 rings (SSSR count). The summed E-state index contributed by atoms with van der Waals surface area (Å²) in [6.07, 6.45) is 4.38. The van der Waals surface area contributed by atoms with Crippen molar-refractivity contribution in [2.24, 2.45) is 0 Å². The summed E-state index contributed by atoms with van der Waals surface area (Å²) in [7, 11) is 3.13. The van der Waals surface area contributed by atoms with E-state index >= 15 is 0 Å². The van der Waals surface area contributed by atoms with Crippen molar-refractivity contribution in [1.82, 2.24) is 15.4 Å². The summed E-state index contributed by atoms with van der Waals surface area (Å²) in [4.78, 5) is 27.7. The number of hydrogen-bond acceptors (Lipinski definition) is 7. The molecule has 0 bridgehead atoms. The molecule has 0 spiro atoms. The zero-order valence-corrected chi connectivity index (χ0v) is 18.5. The average Bonchev–Trinajstić information content (AvgIpc) is 3.54. The van der Waals surface area contributed by atoms with Crippen LogP contribution in [0.15, 0.2) is 28.8 Å². The lowest BCUT2D eigenvalue weighted by atomic mass is 10.0. The van der Waals surface area contributed by atoms with Crippen LogP contribution in [0.3, 0.4) is 0 Å². The Bertz CT molecular complexity index is 953. The Labute approximate surface area is 187 Å². The number of likely N-dealkylation sites (tertiary alicyclic amines) is 1. The summed E-state index contributed by atoms with van der Waals surface area (Å²) in [6.45, 7) is 1.71. The average molecular weight is 444 g/mol. The van der Waals surface area contributed by atoms with Gasteiger partial charge in [0.25, 0.3) is 5.91 Å². The van der Waals surface area contributed by atoms with Crippen molar-refractivity contribution >= 4 is 11.8 Å². The maximum Gasteiger partial charge on any atom is 0.276 e. The Kier molecular flexibility index (Phi) is 6.94. The number of ether oxygens (including phenoxy) is 3. The fourth-order valence-corrected chi connectivity index (χ4v) is 4.24. The summed E-state index contributed by atoms with van der Waals surface area (Å²) < 4.78 is 21.7. The molecule has 1 N–H and O–H groups in total. The predicted octanol–water partition coefficient (Wildman–Crippen LogP) is 2.65. The van der Waals surface area contributed by atoms with Gasteiger partial charge in [0.2, 0.25) is 5.91 Å². The van der Waals surface area contributed by atoms with Crippen LogP contribution in [0.25, 0.3) is 11.3 Å². The molecule has 0 saturated carbocycles. The van der Waals surface area contributed by atoms with Gasteiger partial charge in [0.1, 0.15) is 17.5 Å². The van der Waals surface area contributed by atoms with Gasteiger partial charge in [-0.15, -0.1) is 0 Å². The molecule has 2 amide bonds. The van der Waals surface area contributed by atoms with E-state index in [9.17, 15) is 9.59 Å². The van der Waals surface area contributed by atoms with Crippen molar-refractivity contribution in [3.8, 4) is 22.8 Å². The van der Waals surface area contributed by atoms with Crippen LogP contribution in [0.5, 0.6) is 11.5 Å². The maximum absolute atomic E-state index is 13.2. The molecule has 9 heteroatoms. The van der Waals surface area contributed by atoms with Crippen molar-refractivity contribution in [3.05, 3.63) is 30.0 Å². The number of aromatic nitrogens is 1. The number of amides is 2. The largest absolute Gasteiger partial charge is 0.497 e. The fourth-order valence-electron chi connectivity index (χ4n) is 4.24. The number of methoxy groups -OCH3 is 2. The minimum Gasteiger partial charge on any atom is -0.497 e. The van der Waals surface area contributed by atoms with E-state index < -0.39 is 6.04 Å². The van der Waals surface area contributed by atoms with Gasteiger partial charge in [0, 0.05) is 25.8 Å². The zero-order chi connectivity index (χ0) is 22.5. The topological polar surface area (TPSA) is 103 Å². The number of rotatable bonds is 7. The van der Waals surface area contributed by atoms with Crippen LogP contribution in [-0.2, 0) is 9.53 Å². The summed E-state index contributed by atoms with van der Waals surface area (Å²) in [5.74, 6) is 1.13. The number of carbonyl (C=O) groups excluding carboxylic acids is 2. The highest BCUT2D eigenvalue weighted by molar-refractivity contribution is 5.97. The lowest BCUT2D eigenvalue weighted by Crippen LogP contribution is -2.52. The number of benzene rings is 1. The number of hydrogen-bond donors (Lipinski definition) is 1.